The van der Waals surface area contributed by atoms with Crippen LogP contribution in [-0.2, 0) is 9.53 Å². The maximum atomic E-state index is 12.4. The van der Waals surface area contributed by atoms with Gasteiger partial charge in [-0.05, 0) is 31.1 Å². The number of benzene rings is 1. The van der Waals surface area contributed by atoms with Crippen molar-refractivity contribution in [1.82, 2.24) is 5.32 Å². The minimum absolute atomic E-state index is 0.231. The number of hydrogen-bond donors (Lipinski definition) is 1. The van der Waals surface area contributed by atoms with Crippen LogP contribution in [0.5, 0.6) is 0 Å². The molecular formula is C15H14F3NO2. The Hall–Kier alpha value is -2.00. The lowest BCUT2D eigenvalue weighted by Crippen LogP contribution is -2.46. The van der Waals surface area contributed by atoms with E-state index in [9.17, 15) is 18.0 Å². The molecule has 0 aromatic heterocycles. The molecule has 1 fully saturated rings. The van der Waals surface area contributed by atoms with Crippen molar-refractivity contribution in [3.05, 3.63) is 35.9 Å². The van der Waals surface area contributed by atoms with Crippen LogP contribution in [0.3, 0.4) is 0 Å². The second-order valence-electron chi connectivity index (χ2n) is 4.75. The van der Waals surface area contributed by atoms with Crippen molar-refractivity contribution >= 4 is 5.97 Å². The lowest BCUT2D eigenvalue weighted by atomic mass is 9.92. The number of rotatable bonds is 1. The summed E-state index contributed by atoms with van der Waals surface area (Å²) in [5.74, 6) is 3.32. The van der Waals surface area contributed by atoms with E-state index in [1.54, 1.807) is 24.3 Å². The van der Waals surface area contributed by atoms with Crippen molar-refractivity contribution in [1.29, 1.82) is 0 Å². The van der Waals surface area contributed by atoms with Crippen LogP contribution >= 0.6 is 0 Å². The van der Waals surface area contributed by atoms with Gasteiger partial charge in [-0.15, -0.1) is 0 Å². The number of halogens is 3. The summed E-state index contributed by atoms with van der Waals surface area (Å²) in [6.45, 7) is 0.906. The van der Waals surface area contributed by atoms with E-state index >= 15 is 0 Å². The first kappa shape index (κ1) is 15.4. The van der Waals surface area contributed by atoms with Gasteiger partial charge in [0.05, 0.1) is 0 Å². The summed E-state index contributed by atoms with van der Waals surface area (Å²) in [6.07, 6.45) is -4.55. The molecule has 1 saturated heterocycles. The molecule has 1 aromatic rings. The van der Waals surface area contributed by atoms with Gasteiger partial charge < -0.3 is 10.1 Å². The average Bonchev–Trinajstić information content (AvgIpc) is 2.46. The molecule has 0 aliphatic carbocycles. The summed E-state index contributed by atoms with van der Waals surface area (Å²) in [4.78, 5) is 11.1. The number of nitrogens with one attached hydrogen (secondary N) is 1. The second-order valence-corrected chi connectivity index (χ2v) is 4.75. The van der Waals surface area contributed by atoms with Gasteiger partial charge in [0, 0.05) is 18.4 Å². The molecule has 0 saturated carbocycles. The van der Waals surface area contributed by atoms with Gasteiger partial charge in [0.15, 0.2) is 5.60 Å². The summed E-state index contributed by atoms with van der Waals surface area (Å²) in [5, 5.41) is 3.01. The van der Waals surface area contributed by atoms with Gasteiger partial charge in [0.25, 0.3) is 0 Å². The lowest BCUT2D eigenvalue weighted by molar-refractivity contribution is -0.211. The van der Waals surface area contributed by atoms with Gasteiger partial charge in [-0.25, -0.2) is 4.79 Å². The molecule has 1 heterocycles. The molecule has 0 atom stereocenters. The Bertz CT molecular complexity index is 552. The highest BCUT2D eigenvalue weighted by Crippen LogP contribution is 2.27. The Balaban J connectivity index is 2.22. The summed E-state index contributed by atoms with van der Waals surface area (Å²) >= 11 is 0. The Morgan fingerprint density at radius 1 is 1.19 bits per heavy atom. The van der Waals surface area contributed by atoms with Crippen LogP contribution in [0.4, 0.5) is 13.2 Å². The number of carbonyl (C=O) groups is 1. The third kappa shape index (κ3) is 4.23. The molecule has 3 nitrogen and oxygen atoms in total. The predicted octanol–water partition coefficient (Wildman–Crippen LogP) is 2.27. The molecule has 1 aromatic carbocycles. The fourth-order valence-corrected chi connectivity index (χ4v) is 2.03. The highest BCUT2D eigenvalue weighted by molar-refractivity contribution is 5.76. The Kier molecular flexibility index (Phi) is 4.53. The zero-order chi connectivity index (χ0) is 15.3. The summed E-state index contributed by atoms with van der Waals surface area (Å²) in [7, 11) is 0. The zero-order valence-corrected chi connectivity index (χ0v) is 11.2. The third-order valence-electron chi connectivity index (χ3n) is 3.14. The second kappa shape index (κ2) is 6.19. The van der Waals surface area contributed by atoms with E-state index in [-0.39, 0.29) is 12.8 Å². The zero-order valence-electron chi connectivity index (χ0n) is 11.2. The minimum atomic E-state index is -5.01. The largest absolute Gasteiger partial charge is 0.490 e. The Morgan fingerprint density at radius 2 is 1.81 bits per heavy atom. The molecule has 2 rings (SSSR count). The first-order valence-electron chi connectivity index (χ1n) is 6.50. The fourth-order valence-electron chi connectivity index (χ4n) is 2.03. The molecule has 0 spiro atoms. The highest BCUT2D eigenvalue weighted by Gasteiger charge is 2.46. The highest BCUT2D eigenvalue weighted by atomic mass is 19.4. The number of piperidine rings is 1. The molecule has 21 heavy (non-hydrogen) atoms. The van der Waals surface area contributed by atoms with Crippen molar-refractivity contribution in [3.8, 4) is 11.8 Å². The monoisotopic (exact) mass is 297 g/mol. The molecule has 0 amide bonds. The van der Waals surface area contributed by atoms with E-state index in [1.165, 1.54) is 0 Å². The van der Waals surface area contributed by atoms with Crippen molar-refractivity contribution in [2.45, 2.75) is 24.6 Å². The first-order valence-corrected chi connectivity index (χ1v) is 6.50. The number of ether oxygens (including phenoxy) is 1. The number of alkyl halides is 3. The summed E-state index contributed by atoms with van der Waals surface area (Å²) in [5.41, 5.74) is -0.716. The van der Waals surface area contributed by atoms with E-state index in [0.29, 0.717) is 18.7 Å². The maximum Gasteiger partial charge on any atom is 0.490 e. The van der Waals surface area contributed by atoms with Crippen molar-refractivity contribution < 1.29 is 22.7 Å². The lowest BCUT2D eigenvalue weighted by Gasteiger charge is -2.32. The average molecular weight is 297 g/mol. The standard InChI is InChI=1S/C15H14F3NO2/c16-15(17,18)13(20)21-14(8-10-19-11-9-14)7-6-12-4-2-1-3-5-12/h1-5,19H,8-11H2. The first-order chi connectivity index (χ1) is 9.91. The topological polar surface area (TPSA) is 38.3 Å². The van der Waals surface area contributed by atoms with Crippen LogP contribution < -0.4 is 5.32 Å². The van der Waals surface area contributed by atoms with Crippen LogP contribution in [0.25, 0.3) is 0 Å². The van der Waals surface area contributed by atoms with Gasteiger partial charge >= 0.3 is 12.1 Å². The molecule has 0 bridgehead atoms. The molecule has 0 unspecified atom stereocenters. The van der Waals surface area contributed by atoms with Crippen molar-refractivity contribution in [2.75, 3.05) is 13.1 Å². The number of esters is 1. The van der Waals surface area contributed by atoms with E-state index in [2.05, 4.69) is 21.9 Å². The fraction of sp³-hybridized carbons (Fsp3) is 0.400. The molecule has 6 heteroatoms. The van der Waals surface area contributed by atoms with E-state index in [0.717, 1.165) is 0 Å². The third-order valence-corrected chi connectivity index (χ3v) is 3.14. The predicted molar refractivity (Wildman–Crippen MR) is 70.3 cm³/mol. The van der Waals surface area contributed by atoms with Crippen LogP contribution in [0, 0.1) is 11.8 Å². The SMILES string of the molecule is O=C(OC1(C#Cc2ccccc2)CCNCC1)C(F)(F)F. The summed E-state index contributed by atoms with van der Waals surface area (Å²) in [6, 6.07) is 8.86. The molecule has 1 aliphatic heterocycles. The van der Waals surface area contributed by atoms with Gasteiger partial charge in [-0.2, -0.15) is 13.2 Å². The molecular weight excluding hydrogens is 283 g/mol. The van der Waals surface area contributed by atoms with Crippen molar-refractivity contribution in [3.63, 3.8) is 0 Å². The van der Waals surface area contributed by atoms with Crippen LogP contribution in [0.2, 0.25) is 0 Å². The molecule has 112 valence electrons. The molecule has 1 N–H and O–H groups in total. The van der Waals surface area contributed by atoms with E-state index < -0.39 is 17.7 Å². The molecule has 0 radical (unpaired) electrons. The van der Waals surface area contributed by atoms with Crippen molar-refractivity contribution in [2.24, 2.45) is 0 Å². The molecule has 1 aliphatic rings. The van der Waals surface area contributed by atoms with E-state index in [4.69, 9.17) is 0 Å². The van der Waals surface area contributed by atoms with E-state index in [1.807, 2.05) is 6.07 Å². The van der Waals surface area contributed by atoms with Gasteiger partial charge in [-0.1, -0.05) is 24.1 Å². The number of carbonyl (C=O) groups excluding carboxylic acids is 1. The van der Waals surface area contributed by atoms with Crippen LogP contribution in [0.1, 0.15) is 18.4 Å². The Labute approximate surface area is 120 Å². The van der Waals surface area contributed by atoms with Crippen LogP contribution in [-0.4, -0.2) is 30.8 Å². The normalized spacial score (nSPS) is 17.5. The minimum Gasteiger partial charge on any atom is -0.439 e. The summed E-state index contributed by atoms with van der Waals surface area (Å²) < 4.78 is 41.9. The quantitative estimate of drug-likeness (QED) is 0.638. The number of hydrogen-bond acceptors (Lipinski definition) is 3. The van der Waals surface area contributed by atoms with Gasteiger partial charge in [0.2, 0.25) is 0 Å². The van der Waals surface area contributed by atoms with Gasteiger partial charge in [-0.3, -0.25) is 0 Å². The maximum absolute atomic E-state index is 12.4. The Morgan fingerprint density at radius 3 is 2.38 bits per heavy atom. The van der Waals surface area contributed by atoms with Gasteiger partial charge in [0.1, 0.15) is 0 Å². The van der Waals surface area contributed by atoms with Crippen LogP contribution in [0.15, 0.2) is 30.3 Å². The smallest absolute Gasteiger partial charge is 0.439 e.